The first-order chi connectivity index (χ1) is 10.1. The zero-order chi connectivity index (χ0) is 15.2. The predicted molar refractivity (Wildman–Crippen MR) is 90.9 cm³/mol. The van der Waals surface area contributed by atoms with E-state index >= 15 is 0 Å². The average molecular weight is 374 g/mol. The van der Waals surface area contributed by atoms with Crippen molar-refractivity contribution in [2.45, 2.75) is 26.2 Å². The number of nitrogens with one attached hydrogen (secondary N) is 1. The van der Waals surface area contributed by atoms with E-state index in [0.29, 0.717) is 16.5 Å². The van der Waals surface area contributed by atoms with Gasteiger partial charge in [0.2, 0.25) is 0 Å². The van der Waals surface area contributed by atoms with E-state index in [9.17, 15) is 4.79 Å². The summed E-state index contributed by atoms with van der Waals surface area (Å²) >= 11 is 9.39. The molecular weight excluding hydrogens is 352 g/mol. The standard InChI is InChI=1S/C16H22BrClN2O/c1-2-8-20(11-12-4-3-7-19-10-12)16(21)13-5-6-15(18)14(17)9-13/h5-6,9,12,19H,2-4,7-8,10-11H2,1H3. The van der Waals surface area contributed by atoms with Gasteiger partial charge in [-0.25, -0.2) is 0 Å². The van der Waals surface area contributed by atoms with E-state index in [1.54, 1.807) is 12.1 Å². The summed E-state index contributed by atoms with van der Waals surface area (Å²) in [5.74, 6) is 0.657. The van der Waals surface area contributed by atoms with Crippen LogP contribution < -0.4 is 5.32 Å². The predicted octanol–water partition coefficient (Wildman–Crippen LogP) is 3.95. The number of nitrogens with zero attached hydrogens (tertiary/aromatic N) is 1. The van der Waals surface area contributed by atoms with Crippen LogP contribution in [0.5, 0.6) is 0 Å². The molecule has 1 heterocycles. The van der Waals surface area contributed by atoms with Gasteiger partial charge in [0, 0.05) is 23.1 Å². The second kappa shape index (κ2) is 8.16. The van der Waals surface area contributed by atoms with Crippen LogP contribution in [-0.2, 0) is 0 Å². The van der Waals surface area contributed by atoms with Gasteiger partial charge in [-0.15, -0.1) is 0 Å². The molecule has 5 heteroatoms. The Morgan fingerprint density at radius 1 is 1.52 bits per heavy atom. The summed E-state index contributed by atoms with van der Waals surface area (Å²) in [7, 11) is 0. The fraction of sp³-hybridized carbons (Fsp3) is 0.562. The van der Waals surface area contributed by atoms with Gasteiger partial charge in [-0.2, -0.15) is 0 Å². The molecule has 1 atom stereocenters. The van der Waals surface area contributed by atoms with Crippen LogP contribution in [0.1, 0.15) is 36.5 Å². The van der Waals surface area contributed by atoms with Crippen molar-refractivity contribution in [2.75, 3.05) is 26.2 Å². The molecule has 3 nitrogen and oxygen atoms in total. The van der Waals surface area contributed by atoms with Gasteiger partial charge in [0.15, 0.2) is 0 Å². The van der Waals surface area contributed by atoms with E-state index in [1.165, 1.54) is 12.8 Å². The average Bonchev–Trinajstić information content (AvgIpc) is 2.50. The van der Waals surface area contributed by atoms with Crippen LogP contribution in [0.2, 0.25) is 5.02 Å². The summed E-state index contributed by atoms with van der Waals surface area (Å²) < 4.78 is 0.769. The van der Waals surface area contributed by atoms with E-state index in [0.717, 1.165) is 37.1 Å². The summed E-state index contributed by atoms with van der Waals surface area (Å²) in [6, 6.07) is 5.38. The van der Waals surface area contributed by atoms with Crippen molar-refractivity contribution in [3.8, 4) is 0 Å². The number of benzene rings is 1. The smallest absolute Gasteiger partial charge is 0.253 e. The van der Waals surface area contributed by atoms with Gasteiger partial charge in [-0.3, -0.25) is 4.79 Å². The molecule has 1 saturated heterocycles. The lowest BCUT2D eigenvalue weighted by atomic mass is 9.98. The van der Waals surface area contributed by atoms with Crippen LogP contribution in [0, 0.1) is 5.92 Å². The Hall–Kier alpha value is -0.580. The maximum absolute atomic E-state index is 12.7. The minimum absolute atomic E-state index is 0.0970. The van der Waals surface area contributed by atoms with Gasteiger partial charge in [0.05, 0.1) is 5.02 Å². The molecule has 1 aliphatic rings. The fourth-order valence-corrected chi connectivity index (χ4v) is 3.25. The maximum Gasteiger partial charge on any atom is 0.253 e. The van der Waals surface area contributed by atoms with Gasteiger partial charge in [0.25, 0.3) is 5.91 Å². The van der Waals surface area contributed by atoms with Gasteiger partial charge < -0.3 is 10.2 Å². The van der Waals surface area contributed by atoms with Crippen LogP contribution >= 0.6 is 27.5 Å². The fourth-order valence-electron chi connectivity index (χ4n) is 2.75. The summed E-state index contributed by atoms with van der Waals surface area (Å²) in [6.07, 6.45) is 3.37. The van der Waals surface area contributed by atoms with E-state index < -0.39 is 0 Å². The lowest BCUT2D eigenvalue weighted by molar-refractivity contribution is 0.0718. The zero-order valence-electron chi connectivity index (χ0n) is 12.4. The molecule has 1 N–H and O–H groups in total. The molecule has 1 amide bonds. The minimum Gasteiger partial charge on any atom is -0.338 e. The topological polar surface area (TPSA) is 32.3 Å². The third kappa shape index (κ3) is 4.70. The van der Waals surface area contributed by atoms with Gasteiger partial charge in [-0.05, 0) is 72.4 Å². The number of piperidine rings is 1. The largest absolute Gasteiger partial charge is 0.338 e. The Morgan fingerprint density at radius 2 is 2.33 bits per heavy atom. The Kier molecular flexibility index (Phi) is 6.52. The number of hydrogen-bond donors (Lipinski definition) is 1. The van der Waals surface area contributed by atoms with Crippen molar-refractivity contribution >= 4 is 33.4 Å². The molecule has 0 saturated carbocycles. The number of carbonyl (C=O) groups is 1. The Bertz CT molecular complexity index is 489. The molecule has 0 radical (unpaired) electrons. The normalized spacial score (nSPS) is 18.5. The SMILES string of the molecule is CCCN(CC1CCCNC1)C(=O)c1ccc(Cl)c(Br)c1. The highest BCUT2D eigenvalue weighted by Crippen LogP contribution is 2.24. The molecule has 0 aliphatic carbocycles. The lowest BCUT2D eigenvalue weighted by Crippen LogP contribution is -2.41. The van der Waals surface area contributed by atoms with E-state index in [1.807, 2.05) is 11.0 Å². The van der Waals surface area contributed by atoms with Crippen molar-refractivity contribution in [1.82, 2.24) is 10.2 Å². The zero-order valence-corrected chi connectivity index (χ0v) is 14.7. The van der Waals surface area contributed by atoms with Crippen LogP contribution in [0.15, 0.2) is 22.7 Å². The van der Waals surface area contributed by atoms with E-state index in [4.69, 9.17) is 11.6 Å². The number of carbonyl (C=O) groups excluding carboxylic acids is 1. The number of halogens is 2. The Labute approximate surface area is 140 Å². The molecule has 1 fully saturated rings. The first-order valence-corrected chi connectivity index (χ1v) is 8.74. The van der Waals surface area contributed by atoms with Gasteiger partial charge >= 0.3 is 0 Å². The number of rotatable bonds is 5. The highest BCUT2D eigenvalue weighted by atomic mass is 79.9. The third-order valence-electron chi connectivity index (χ3n) is 3.82. The molecule has 0 spiro atoms. The van der Waals surface area contributed by atoms with E-state index in [2.05, 4.69) is 28.2 Å². The Morgan fingerprint density at radius 3 is 2.95 bits per heavy atom. The monoisotopic (exact) mass is 372 g/mol. The van der Waals surface area contributed by atoms with Crippen molar-refractivity contribution in [3.05, 3.63) is 33.3 Å². The highest BCUT2D eigenvalue weighted by Gasteiger charge is 2.21. The van der Waals surface area contributed by atoms with Crippen LogP contribution in [0.4, 0.5) is 0 Å². The maximum atomic E-state index is 12.7. The summed E-state index contributed by atoms with van der Waals surface area (Å²) in [5, 5.41) is 4.04. The molecule has 1 aromatic rings. The van der Waals surface area contributed by atoms with Crippen molar-refractivity contribution in [1.29, 1.82) is 0 Å². The molecular formula is C16H22BrClN2O. The molecule has 116 valence electrons. The first-order valence-electron chi connectivity index (χ1n) is 7.57. The second-order valence-electron chi connectivity index (χ2n) is 5.59. The molecule has 21 heavy (non-hydrogen) atoms. The quantitative estimate of drug-likeness (QED) is 0.847. The Balaban J connectivity index is 2.08. The highest BCUT2D eigenvalue weighted by molar-refractivity contribution is 9.10. The number of amides is 1. The van der Waals surface area contributed by atoms with Crippen LogP contribution in [0.3, 0.4) is 0 Å². The molecule has 0 bridgehead atoms. The van der Waals surface area contributed by atoms with Gasteiger partial charge in [0.1, 0.15) is 0 Å². The minimum atomic E-state index is 0.0970. The van der Waals surface area contributed by atoms with Gasteiger partial charge in [-0.1, -0.05) is 18.5 Å². The van der Waals surface area contributed by atoms with Crippen molar-refractivity contribution < 1.29 is 4.79 Å². The van der Waals surface area contributed by atoms with Crippen LogP contribution in [-0.4, -0.2) is 37.0 Å². The molecule has 2 rings (SSSR count). The third-order valence-corrected chi connectivity index (χ3v) is 5.04. The molecule has 1 aliphatic heterocycles. The molecule has 0 aromatic heterocycles. The lowest BCUT2D eigenvalue weighted by Gasteiger charge is -2.30. The van der Waals surface area contributed by atoms with Crippen LogP contribution in [0.25, 0.3) is 0 Å². The summed E-state index contributed by atoms with van der Waals surface area (Å²) in [4.78, 5) is 14.7. The van der Waals surface area contributed by atoms with Crippen molar-refractivity contribution in [2.24, 2.45) is 5.92 Å². The summed E-state index contributed by atoms with van der Waals surface area (Å²) in [6.45, 7) is 5.85. The number of hydrogen-bond acceptors (Lipinski definition) is 2. The summed E-state index contributed by atoms with van der Waals surface area (Å²) in [5.41, 5.74) is 0.698. The molecule has 1 unspecified atom stereocenters. The first kappa shape index (κ1) is 16.8. The van der Waals surface area contributed by atoms with E-state index in [-0.39, 0.29) is 5.91 Å². The van der Waals surface area contributed by atoms with Crippen molar-refractivity contribution in [3.63, 3.8) is 0 Å². The second-order valence-corrected chi connectivity index (χ2v) is 6.85. The molecule has 1 aromatic carbocycles.